The Labute approximate surface area is 116 Å². The van der Waals surface area contributed by atoms with E-state index in [2.05, 4.69) is 10.6 Å². The molecule has 2 unspecified atom stereocenters. The zero-order chi connectivity index (χ0) is 14.8. The Balaban J connectivity index is 2.03. The molecule has 1 heterocycles. The molecule has 6 N–H and O–H groups in total. The van der Waals surface area contributed by atoms with Crippen LogP contribution >= 0.6 is 0 Å². The molecule has 7 nitrogen and oxygen atoms in total. The highest BCUT2D eigenvalue weighted by Crippen LogP contribution is 2.28. The largest absolute Gasteiger partial charge is 0.379 e. The van der Waals surface area contributed by atoms with E-state index in [1.807, 2.05) is 0 Å². The molecule has 108 valence electrons. The van der Waals surface area contributed by atoms with Gasteiger partial charge in [0.1, 0.15) is 0 Å². The Morgan fingerprint density at radius 3 is 2.25 bits per heavy atom. The molecule has 2 atom stereocenters. The van der Waals surface area contributed by atoms with E-state index in [0.717, 1.165) is 0 Å². The van der Waals surface area contributed by atoms with Gasteiger partial charge in [0.15, 0.2) is 0 Å². The van der Waals surface area contributed by atoms with Crippen molar-refractivity contribution in [2.45, 2.75) is 13.0 Å². The van der Waals surface area contributed by atoms with Crippen molar-refractivity contribution in [2.24, 2.45) is 16.9 Å². The predicted octanol–water partition coefficient (Wildman–Crippen LogP) is 0.480. The lowest BCUT2D eigenvalue weighted by Gasteiger charge is -2.25. The summed E-state index contributed by atoms with van der Waals surface area (Å²) in [6.07, 6.45) is 0. The lowest BCUT2D eigenvalue weighted by Crippen LogP contribution is -2.47. The van der Waals surface area contributed by atoms with Gasteiger partial charge >= 0.3 is 6.03 Å². The van der Waals surface area contributed by atoms with Crippen LogP contribution in [0.2, 0.25) is 0 Å². The van der Waals surface area contributed by atoms with E-state index in [1.54, 1.807) is 31.2 Å². The number of urea groups is 1. The molecule has 0 radical (unpaired) electrons. The minimum absolute atomic E-state index is 0.182. The number of carbonyl (C=O) groups excluding carboxylic acids is 2. The fourth-order valence-electron chi connectivity index (χ4n) is 1.98. The third-order valence-corrected chi connectivity index (χ3v) is 3.45. The Morgan fingerprint density at radius 1 is 1.25 bits per heavy atom. The smallest absolute Gasteiger partial charge is 0.316 e. The van der Waals surface area contributed by atoms with E-state index < -0.39 is 11.4 Å². The van der Waals surface area contributed by atoms with E-state index in [1.165, 1.54) is 0 Å². The first-order chi connectivity index (χ1) is 9.41. The van der Waals surface area contributed by atoms with E-state index in [4.69, 9.17) is 16.2 Å². The molecule has 1 saturated heterocycles. The van der Waals surface area contributed by atoms with Crippen LogP contribution < -0.4 is 22.1 Å². The number of rotatable bonds is 3. The zero-order valence-electron chi connectivity index (χ0n) is 11.2. The van der Waals surface area contributed by atoms with E-state index in [-0.39, 0.29) is 11.9 Å². The highest BCUT2D eigenvalue weighted by atomic mass is 16.5. The maximum absolute atomic E-state index is 12.2. The number of carbonyl (C=O) groups is 2. The summed E-state index contributed by atoms with van der Waals surface area (Å²) in [5.41, 5.74) is 11.4. The van der Waals surface area contributed by atoms with Crippen LogP contribution in [0.3, 0.4) is 0 Å². The number of anilines is 2. The summed E-state index contributed by atoms with van der Waals surface area (Å²) in [5, 5.41) is 5.23. The number of primary amides is 1. The second kappa shape index (κ2) is 5.48. The highest BCUT2D eigenvalue weighted by molar-refractivity contribution is 5.96. The fourth-order valence-corrected chi connectivity index (χ4v) is 1.98. The molecule has 20 heavy (non-hydrogen) atoms. The van der Waals surface area contributed by atoms with Crippen LogP contribution in [0, 0.1) is 5.41 Å². The quantitative estimate of drug-likeness (QED) is 0.642. The summed E-state index contributed by atoms with van der Waals surface area (Å²) >= 11 is 0. The van der Waals surface area contributed by atoms with Crippen LogP contribution in [0.1, 0.15) is 6.92 Å². The summed E-state index contributed by atoms with van der Waals surface area (Å²) in [6, 6.07) is 5.69. The summed E-state index contributed by atoms with van der Waals surface area (Å²) < 4.78 is 5.25. The van der Waals surface area contributed by atoms with Gasteiger partial charge in [-0.15, -0.1) is 0 Å². The third kappa shape index (κ3) is 2.89. The normalized spacial score (nSPS) is 25.2. The van der Waals surface area contributed by atoms with Crippen LogP contribution in [0.5, 0.6) is 0 Å². The van der Waals surface area contributed by atoms with Gasteiger partial charge in [-0.3, -0.25) is 4.79 Å². The molecule has 0 spiro atoms. The van der Waals surface area contributed by atoms with Gasteiger partial charge in [0.25, 0.3) is 0 Å². The minimum Gasteiger partial charge on any atom is -0.379 e. The first kappa shape index (κ1) is 14.3. The number of ether oxygens (including phenoxy) is 1. The summed E-state index contributed by atoms with van der Waals surface area (Å²) in [6.45, 7) is 2.47. The SMILES string of the molecule is CC1(C(=O)Nc2ccc(NC(N)=O)cc2)COCC1N. The second-order valence-electron chi connectivity index (χ2n) is 5.06. The molecule has 1 aliphatic rings. The maximum atomic E-state index is 12.2. The molecule has 0 aromatic heterocycles. The Kier molecular flexibility index (Phi) is 3.91. The molecule has 3 amide bonds. The van der Waals surface area contributed by atoms with Gasteiger partial charge in [0.2, 0.25) is 5.91 Å². The van der Waals surface area contributed by atoms with Gasteiger partial charge in [0, 0.05) is 17.4 Å². The average molecular weight is 278 g/mol. The number of hydrogen-bond acceptors (Lipinski definition) is 4. The standard InChI is InChI=1S/C13H18N4O3/c1-13(7-20-6-10(13)14)11(18)16-8-2-4-9(5-3-8)17-12(15)19/h2-5,10H,6-7,14H2,1H3,(H,16,18)(H3,15,17,19). The van der Waals surface area contributed by atoms with Gasteiger partial charge < -0.3 is 26.8 Å². The Hall–Kier alpha value is -2.12. The zero-order valence-corrected chi connectivity index (χ0v) is 11.2. The van der Waals surface area contributed by atoms with Crippen molar-refractivity contribution in [3.05, 3.63) is 24.3 Å². The molecule has 0 saturated carbocycles. The van der Waals surface area contributed by atoms with Crippen LogP contribution in [-0.4, -0.2) is 31.2 Å². The molecule has 2 rings (SSSR count). The molecule has 0 aliphatic carbocycles. The van der Waals surface area contributed by atoms with Gasteiger partial charge in [0.05, 0.1) is 18.6 Å². The molecule has 1 aliphatic heterocycles. The number of nitrogens with one attached hydrogen (secondary N) is 2. The van der Waals surface area contributed by atoms with Crippen molar-refractivity contribution in [3.8, 4) is 0 Å². The molecule has 0 bridgehead atoms. The van der Waals surface area contributed by atoms with Crippen molar-refractivity contribution in [3.63, 3.8) is 0 Å². The highest BCUT2D eigenvalue weighted by Gasteiger charge is 2.44. The van der Waals surface area contributed by atoms with Gasteiger partial charge in [-0.05, 0) is 31.2 Å². The van der Waals surface area contributed by atoms with Crippen LogP contribution in [0.4, 0.5) is 16.2 Å². The molecular formula is C13H18N4O3. The third-order valence-electron chi connectivity index (χ3n) is 3.45. The molecule has 7 heteroatoms. The number of amides is 3. The second-order valence-corrected chi connectivity index (χ2v) is 5.06. The first-order valence-electron chi connectivity index (χ1n) is 6.23. The topological polar surface area (TPSA) is 119 Å². The van der Waals surface area contributed by atoms with Gasteiger partial charge in [-0.2, -0.15) is 0 Å². The molecular weight excluding hydrogens is 260 g/mol. The van der Waals surface area contributed by atoms with Crippen LogP contribution in [-0.2, 0) is 9.53 Å². The lowest BCUT2D eigenvalue weighted by molar-refractivity contribution is -0.125. The van der Waals surface area contributed by atoms with Crippen molar-refractivity contribution in [1.82, 2.24) is 0 Å². The average Bonchev–Trinajstić information content (AvgIpc) is 2.73. The van der Waals surface area contributed by atoms with Crippen LogP contribution in [0.15, 0.2) is 24.3 Å². The number of benzene rings is 1. The number of nitrogens with two attached hydrogens (primary N) is 2. The first-order valence-corrected chi connectivity index (χ1v) is 6.23. The minimum atomic E-state index is -0.732. The van der Waals surface area contributed by atoms with E-state index in [9.17, 15) is 9.59 Å². The Morgan fingerprint density at radius 2 is 1.80 bits per heavy atom. The summed E-state index contributed by atoms with van der Waals surface area (Å²) in [4.78, 5) is 22.9. The monoisotopic (exact) mass is 278 g/mol. The van der Waals surface area contributed by atoms with E-state index >= 15 is 0 Å². The summed E-state index contributed by atoms with van der Waals surface area (Å²) in [7, 11) is 0. The Bertz CT molecular complexity index is 517. The lowest BCUT2D eigenvalue weighted by atomic mass is 9.85. The van der Waals surface area contributed by atoms with Crippen molar-refractivity contribution in [1.29, 1.82) is 0 Å². The van der Waals surface area contributed by atoms with Gasteiger partial charge in [-0.1, -0.05) is 0 Å². The van der Waals surface area contributed by atoms with Crippen molar-refractivity contribution in [2.75, 3.05) is 23.8 Å². The number of hydrogen-bond donors (Lipinski definition) is 4. The van der Waals surface area contributed by atoms with Crippen molar-refractivity contribution >= 4 is 23.3 Å². The summed E-state index contributed by atoms with van der Waals surface area (Å²) in [5.74, 6) is -0.182. The molecule has 1 aromatic rings. The maximum Gasteiger partial charge on any atom is 0.316 e. The molecule has 1 fully saturated rings. The molecule has 1 aromatic carbocycles. The van der Waals surface area contributed by atoms with E-state index in [0.29, 0.717) is 24.6 Å². The van der Waals surface area contributed by atoms with Crippen molar-refractivity contribution < 1.29 is 14.3 Å². The van der Waals surface area contributed by atoms with Crippen LogP contribution in [0.25, 0.3) is 0 Å². The van der Waals surface area contributed by atoms with Gasteiger partial charge in [-0.25, -0.2) is 4.79 Å². The predicted molar refractivity (Wildman–Crippen MR) is 75.2 cm³/mol. The fraction of sp³-hybridized carbons (Fsp3) is 0.385.